The molecule has 2 unspecified atom stereocenters. The summed E-state index contributed by atoms with van der Waals surface area (Å²) >= 11 is 6.07. The van der Waals surface area contributed by atoms with Crippen LogP contribution in [-0.4, -0.2) is 16.0 Å². The van der Waals surface area contributed by atoms with E-state index in [-0.39, 0.29) is 11.9 Å². The fraction of sp³-hybridized carbons (Fsp3) is 0.400. The van der Waals surface area contributed by atoms with Crippen molar-refractivity contribution in [3.05, 3.63) is 41.1 Å². The minimum atomic E-state index is -0.336. The number of nitrogens with zero attached hydrogens (tertiary/aromatic N) is 1. The molecule has 0 bridgehead atoms. The Kier molecular flexibility index (Phi) is 3.76. The van der Waals surface area contributed by atoms with Crippen LogP contribution in [0.1, 0.15) is 37.4 Å². The fourth-order valence-electron chi connectivity index (χ4n) is 2.86. The van der Waals surface area contributed by atoms with E-state index in [1.807, 2.05) is 0 Å². The van der Waals surface area contributed by atoms with Crippen LogP contribution in [0, 0.1) is 5.82 Å². The topological polar surface area (TPSA) is 54.7 Å². The van der Waals surface area contributed by atoms with Crippen LogP contribution in [0.5, 0.6) is 0 Å². The SMILES string of the molecule is NC1CCCC(c2ncc(-c3ccc(F)cc3Cl)[nH]2)C1. The number of aromatic nitrogens is 2. The molecule has 1 aromatic carbocycles. The number of halogens is 2. The van der Waals surface area contributed by atoms with E-state index in [9.17, 15) is 4.39 Å². The zero-order chi connectivity index (χ0) is 14.1. The number of hydrogen-bond acceptors (Lipinski definition) is 2. The van der Waals surface area contributed by atoms with Gasteiger partial charge in [0.25, 0.3) is 0 Å². The molecular formula is C15H17ClFN3. The predicted molar refractivity (Wildman–Crippen MR) is 78.2 cm³/mol. The second kappa shape index (κ2) is 5.54. The van der Waals surface area contributed by atoms with Crippen LogP contribution in [0.15, 0.2) is 24.4 Å². The predicted octanol–water partition coefficient (Wildman–Crippen LogP) is 3.85. The monoisotopic (exact) mass is 293 g/mol. The molecule has 1 aliphatic rings. The average molecular weight is 294 g/mol. The van der Waals surface area contributed by atoms with Gasteiger partial charge in [0, 0.05) is 17.5 Å². The highest BCUT2D eigenvalue weighted by atomic mass is 35.5. The van der Waals surface area contributed by atoms with E-state index in [2.05, 4.69) is 9.97 Å². The molecule has 1 saturated carbocycles. The fourth-order valence-corrected chi connectivity index (χ4v) is 3.13. The van der Waals surface area contributed by atoms with Crippen LogP contribution in [-0.2, 0) is 0 Å². The van der Waals surface area contributed by atoms with E-state index in [1.165, 1.54) is 12.1 Å². The van der Waals surface area contributed by atoms with Gasteiger partial charge in [-0.2, -0.15) is 0 Å². The number of nitrogens with two attached hydrogens (primary N) is 1. The smallest absolute Gasteiger partial charge is 0.124 e. The van der Waals surface area contributed by atoms with Crippen molar-refractivity contribution in [1.29, 1.82) is 0 Å². The second-order valence-electron chi connectivity index (χ2n) is 5.43. The van der Waals surface area contributed by atoms with Gasteiger partial charge in [0.1, 0.15) is 11.6 Å². The first-order valence-electron chi connectivity index (χ1n) is 6.89. The van der Waals surface area contributed by atoms with Gasteiger partial charge in [-0.05, 0) is 37.5 Å². The maximum atomic E-state index is 13.1. The van der Waals surface area contributed by atoms with Gasteiger partial charge in [-0.25, -0.2) is 9.37 Å². The minimum absolute atomic E-state index is 0.261. The molecule has 3 nitrogen and oxygen atoms in total. The normalized spacial score (nSPS) is 22.9. The van der Waals surface area contributed by atoms with E-state index in [0.29, 0.717) is 10.9 Å². The van der Waals surface area contributed by atoms with E-state index in [1.54, 1.807) is 12.3 Å². The maximum Gasteiger partial charge on any atom is 0.124 e. The summed E-state index contributed by atoms with van der Waals surface area (Å²) in [6.45, 7) is 0. The third kappa shape index (κ3) is 2.72. The molecule has 0 saturated heterocycles. The van der Waals surface area contributed by atoms with Crippen molar-refractivity contribution in [2.45, 2.75) is 37.6 Å². The zero-order valence-electron chi connectivity index (χ0n) is 11.1. The molecule has 2 atom stereocenters. The first kappa shape index (κ1) is 13.6. The summed E-state index contributed by atoms with van der Waals surface area (Å²) < 4.78 is 13.1. The lowest BCUT2D eigenvalue weighted by Crippen LogP contribution is -2.27. The van der Waals surface area contributed by atoms with E-state index < -0.39 is 0 Å². The summed E-state index contributed by atoms with van der Waals surface area (Å²) in [6.07, 6.45) is 6.06. The minimum Gasteiger partial charge on any atom is -0.342 e. The van der Waals surface area contributed by atoms with Gasteiger partial charge in [0.05, 0.1) is 16.9 Å². The van der Waals surface area contributed by atoms with Crippen LogP contribution in [0.25, 0.3) is 11.3 Å². The Morgan fingerprint density at radius 3 is 2.95 bits per heavy atom. The van der Waals surface area contributed by atoms with Crippen LogP contribution < -0.4 is 5.73 Å². The van der Waals surface area contributed by atoms with Crippen molar-refractivity contribution >= 4 is 11.6 Å². The maximum absolute atomic E-state index is 13.1. The largest absolute Gasteiger partial charge is 0.342 e. The Balaban J connectivity index is 1.86. The lowest BCUT2D eigenvalue weighted by atomic mass is 9.86. The molecule has 0 aliphatic heterocycles. The third-order valence-corrected chi connectivity index (χ3v) is 4.23. The highest BCUT2D eigenvalue weighted by molar-refractivity contribution is 6.33. The van der Waals surface area contributed by atoms with Crippen molar-refractivity contribution in [3.63, 3.8) is 0 Å². The number of H-pyrrole nitrogens is 1. The van der Waals surface area contributed by atoms with Crippen LogP contribution in [0.4, 0.5) is 4.39 Å². The van der Waals surface area contributed by atoms with Crippen molar-refractivity contribution in [2.24, 2.45) is 5.73 Å². The molecule has 3 N–H and O–H groups in total. The van der Waals surface area contributed by atoms with E-state index in [4.69, 9.17) is 17.3 Å². The molecule has 1 fully saturated rings. The van der Waals surface area contributed by atoms with Gasteiger partial charge in [-0.15, -0.1) is 0 Å². The molecular weight excluding hydrogens is 277 g/mol. The van der Waals surface area contributed by atoms with Gasteiger partial charge in [0.15, 0.2) is 0 Å². The second-order valence-corrected chi connectivity index (χ2v) is 5.84. The summed E-state index contributed by atoms with van der Waals surface area (Å²) in [5.41, 5.74) is 7.61. The highest BCUT2D eigenvalue weighted by Crippen LogP contribution is 2.33. The highest BCUT2D eigenvalue weighted by Gasteiger charge is 2.23. The Bertz CT molecular complexity index is 611. The van der Waals surface area contributed by atoms with E-state index in [0.717, 1.165) is 42.8 Å². The molecule has 1 aromatic heterocycles. The van der Waals surface area contributed by atoms with Crippen LogP contribution >= 0.6 is 11.6 Å². The van der Waals surface area contributed by atoms with Crippen LogP contribution in [0.3, 0.4) is 0 Å². The number of benzene rings is 1. The number of rotatable bonds is 2. The molecule has 20 heavy (non-hydrogen) atoms. The number of nitrogens with one attached hydrogen (secondary N) is 1. The summed E-state index contributed by atoms with van der Waals surface area (Å²) in [4.78, 5) is 7.76. The Hall–Kier alpha value is -1.39. The number of aromatic amines is 1. The molecule has 5 heteroatoms. The summed E-state index contributed by atoms with van der Waals surface area (Å²) in [5.74, 6) is 0.999. The van der Waals surface area contributed by atoms with Crippen molar-refractivity contribution < 1.29 is 4.39 Å². The molecule has 0 amide bonds. The molecule has 0 radical (unpaired) electrons. The molecule has 106 valence electrons. The standard InChI is InChI=1S/C15H17ClFN3/c16-13-7-10(17)4-5-12(13)14-8-19-15(20-14)9-2-1-3-11(18)6-9/h4-5,7-9,11H,1-3,6,18H2,(H,19,20). The lowest BCUT2D eigenvalue weighted by Gasteiger charge is -2.24. The molecule has 0 spiro atoms. The Labute approximate surface area is 122 Å². The van der Waals surface area contributed by atoms with Crippen LogP contribution in [0.2, 0.25) is 5.02 Å². The van der Waals surface area contributed by atoms with Gasteiger partial charge in [-0.3, -0.25) is 0 Å². The first-order valence-corrected chi connectivity index (χ1v) is 7.27. The number of hydrogen-bond donors (Lipinski definition) is 2. The quantitative estimate of drug-likeness (QED) is 0.883. The van der Waals surface area contributed by atoms with E-state index >= 15 is 0 Å². The molecule has 3 rings (SSSR count). The first-order chi connectivity index (χ1) is 9.63. The van der Waals surface area contributed by atoms with Gasteiger partial charge < -0.3 is 10.7 Å². The molecule has 1 aliphatic carbocycles. The number of imidazole rings is 1. The summed E-state index contributed by atoms with van der Waals surface area (Å²) in [7, 11) is 0. The van der Waals surface area contributed by atoms with Gasteiger partial charge in [0.2, 0.25) is 0 Å². The lowest BCUT2D eigenvalue weighted by molar-refractivity contribution is 0.383. The Morgan fingerprint density at radius 2 is 2.20 bits per heavy atom. The summed E-state index contributed by atoms with van der Waals surface area (Å²) in [6, 6.07) is 4.64. The van der Waals surface area contributed by atoms with Crippen molar-refractivity contribution in [1.82, 2.24) is 9.97 Å². The average Bonchev–Trinajstić information content (AvgIpc) is 2.88. The summed E-state index contributed by atoms with van der Waals surface area (Å²) in [5, 5.41) is 0.389. The third-order valence-electron chi connectivity index (χ3n) is 3.92. The van der Waals surface area contributed by atoms with Crippen molar-refractivity contribution in [3.8, 4) is 11.3 Å². The molecule has 1 heterocycles. The zero-order valence-corrected chi connectivity index (χ0v) is 11.8. The van der Waals surface area contributed by atoms with Gasteiger partial charge >= 0.3 is 0 Å². The molecule has 2 aromatic rings. The van der Waals surface area contributed by atoms with Gasteiger partial charge in [-0.1, -0.05) is 18.0 Å². The van der Waals surface area contributed by atoms with Crippen molar-refractivity contribution in [2.75, 3.05) is 0 Å². The Morgan fingerprint density at radius 1 is 1.35 bits per heavy atom.